The Kier molecular flexibility index (Phi) is 8.33. The van der Waals surface area contributed by atoms with Crippen molar-refractivity contribution in [1.82, 2.24) is 14.9 Å². The highest BCUT2D eigenvalue weighted by Crippen LogP contribution is 2.28. The van der Waals surface area contributed by atoms with Gasteiger partial charge in [0.2, 0.25) is 5.91 Å². The zero-order chi connectivity index (χ0) is 24.8. The molecule has 3 aromatic rings. The number of carbonyl (C=O) groups excluding carboxylic acids is 1. The van der Waals surface area contributed by atoms with Crippen LogP contribution in [-0.4, -0.2) is 41.5 Å². The topological polar surface area (TPSA) is 82.5 Å². The van der Waals surface area contributed by atoms with Crippen LogP contribution in [0.3, 0.4) is 0 Å². The van der Waals surface area contributed by atoms with Crippen molar-refractivity contribution >= 4 is 28.6 Å². The van der Waals surface area contributed by atoms with Crippen molar-refractivity contribution in [2.45, 2.75) is 56.8 Å². The number of para-hydroxylation sites is 1. The highest BCUT2D eigenvalue weighted by molar-refractivity contribution is 7.99. The van der Waals surface area contributed by atoms with E-state index in [0.29, 0.717) is 46.4 Å². The fourth-order valence-electron chi connectivity index (χ4n) is 4.64. The maximum absolute atomic E-state index is 13.4. The lowest BCUT2D eigenvalue weighted by atomic mass is 9.86. The van der Waals surface area contributed by atoms with Gasteiger partial charge in [-0.1, -0.05) is 49.7 Å². The Morgan fingerprint density at radius 3 is 2.66 bits per heavy atom. The van der Waals surface area contributed by atoms with Crippen LogP contribution >= 0.6 is 11.8 Å². The highest BCUT2D eigenvalue weighted by Gasteiger charge is 2.23. The van der Waals surface area contributed by atoms with E-state index in [1.54, 1.807) is 24.9 Å². The first-order valence-corrected chi connectivity index (χ1v) is 13.1. The third kappa shape index (κ3) is 5.99. The van der Waals surface area contributed by atoms with Crippen molar-refractivity contribution in [3.8, 4) is 11.5 Å². The molecule has 35 heavy (non-hydrogen) atoms. The molecule has 2 atom stereocenters. The quantitative estimate of drug-likeness (QED) is 0.349. The summed E-state index contributed by atoms with van der Waals surface area (Å²) in [6, 6.07) is 13.3. The number of hydrogen-bond donors (Lipinski definition) is 1. The molecule has 0 bridgehead atoms. The number of hydrogen-bond acceptors (Lipinski definition) is 6. The molecule has 1 aliphatic carbocycles. The third-order valence-corrected chi connectivity index (χ3v) is 7.67. The summed E-state index contributed by atoms with van der Waals surface area (Å²) in [5.41, 5.74) is 1.56. The van der Waals surface area contributed by atoms with E-state index < -0.39 is 0 Å². The molecular weight excluding hydrogens is 462 g/mol. The molecule has 0 unspecified atom stereocenters. The Morgan fingerprint density at radius 2 is 1.89 bits per heavy atom. The smallest absolute Gasteiger partial charge is 0.262 e. The van der Waals surface area contributed by atoms with Crippen LogP contribution in [0, 0.1) is 5.92 Å². The number of carbonyl (C=O) groups is 1. The molecule has 1 N–H and O–H groups in total. The third-order valence-electron chi connectivity index (χ3n) is 6.69. The highest BCUT2D eigenvalue weighted by atomic mass is 32.2. The molecule has 1 amide bonds. The minimum absolute atomic E-state index is 0.0115. The second kappa shape index (κ2) is 11.6. The molecular formula is C27H33N3O4S. The van der Waals surface area contributed by atoms with Gasteiger partial charge in [0, 0.05) is 12.6 Å². The number of methoxy groups -OCH3 is 2. The van der Waals surface area contributed by atoms with Gasteiger partial charge in [-0.3, -0.25) is 14.2 Å². The number of fused-ring (bicyclic) bond motifs is 1. The first-order chi connectivity index (χ1) is 17.0. The molecule has 0 saturated heterocycles. The lowest BCUT2D eigenvalue weighted by molar-refractivity contribution is -0.119. The van der Waals surface area contributed by atoms with E-state index in [1.807, 2.05) is 36.4 Å². The van der Waals surface area contributed by atoms with Crippen LogP contribution in [0.4, 0.5) is 0 Å². The van der Waals surface area contributed by atoms with Gasteiger partial charge in [-0.25, -0.2) is 4.98 Å². The standard InChI is InChI=1S/C27H33N3O4S/c1-18-8-4-6-10-21(18)28-25(31)17-35-27-29-22-11-7-5-9-20(22)26(32)30(27)15-14-19-12-13-23(33-2)24(16-19)34-3/h5,7,9,11-13,16,18,21H,4,6,8,10,14-15,17H2,1-3H3,(H,28,31)/t18-,21+/m1/s1. The van der Waals surface area contributed by atoms with Gasteiger partial charge in [0.05, 0.1) is 30.9 Å². The van der Waals surface area contributed by atoms with Crippen LogP contribution in [0.15, 0.2) is 52.4 Å². The van der Waals surface area contributed by atoms with Gasteiger partial charge >= 0.3 is 0 Å². The molecule has 1 aromatic heterocycles. The van der Waals surface area contributed by atoms with Gasteiger partial charge in [-0.05, 0) is 55.0 Å². The number of nitrogens with zero attached hydrogens (tertiary/aromatic N) is 2. The van der Waals surface area contributed by atoms with E-state index in [0.717, 1.165) is 24.8 Å². The zero-order valence-corrected chi connectivity index (χ0v) is 21.4. The Bertz CT molecular complexity index is 1240. The minimum atomic E-state index is -0.0973. The molecule has 8 heteroatoms. The second-order valence-corrected chi connectivity index (χ2v) is 9.97. The second-order valence-electron chi connectivity index (χ2n) is 9.03. The summed E-state index contributed by atoms with van der Waals surface area (Å²) in [5, 5.41) is 4.32. The largest absolute Gasteiger partial charge is 0.493 e. The molecule has 0 radical (unpaired) electrons. The van der Waals surface area contributed by atoms with Crippen LogP contribution in [0.25, 0.3) is 10.9 Å². The molecule has 1 heterocycles. The van der Waals surface area contributed by atoms with E-state index in [2.05, 4.69) is 12.2 Å². The van der Waals surface area contributed by atoms with Gasteiger partial charge in [-0.2, -0.15) is 0 Å². The molecule has 1 aliphatic rings. The van der Waals surface area contributed by atoms with Crippen LogP contribution in [0.1, 0.15) is 38.2 Å². The van der Waals surface area contributed by atoms with E-state index in [9.17, 15) is 9.59 Å². The number of nitrogens with one attached hydrogen (secondary N) is 1. The van der Waals surface area contributed by atoms with Crippen molar-refractivity contribution in [2.24, 2.45) is 5.92 Å². The number of aromatic nitrogens is 2. The average molecular weight is 496 g/mol. The lowest BCUT2D eigenvalue weighted by Gasteiger charge is -2.29. The van der Waals surface area contributed by atoms with Crippen molar-refractivity contribution in [1.29, 1.82) is 0 Å². The van der Waals surface area contributed by atoms with Gasteiger partial charge < -0.3 is 14.8 Å². The van der Waals surface area contributed by atoms with Gasteiger partial charge in [0.1, 0.15) is 0 Å². The van der Waals surface area contributed by atoms with Crippen LogP contribution in [0.5, 0.6) is 11.5 Å². The summed E-state index contributed by atoms with van der Waals surface area (Å²) >= 11 is 1.32. The summed E-state index contributed by atoms with van der Waals surface area (Å²) in [4.78, 5) is 30.8. The van der Waals surface area contributed by atoms with Crippen LogP contribution in [0.2, 0.25) is 0 Å². The average Bonchev–Trinajstić information content (AvgIpc) is 2.88. The van der Waals surface area contributed by atoms with Gasteiger partial charge in [0.25, 0.3) is 5.56 Å². The predicted molar refractivity (Wildman–Crippen MR) is 140 cm³/mol. The summed E-state index contributed by atoms with van der Waals surface area (Å²) in [6.45, 7) is 2.64. The van der Waals surface area contributed by atoms with Crippen LogP contribution < -0.4 is 20.3 Å². The molecule has 2 aromatic carbocycles. The first kappa shape index (κ1) is 25.1. The van der Waals surface area contributed by atoms with E-state index >= 15 is 0 Å². The minimum Gasteiger partial charge on any atom is -0.493 e. The number of aryl methyl sites for hydroxylation is 1. The van der Waals surface area contributed by atoms with Crippen molar-refractivity contribution in [3.05, 3.63) is 58.4 Å². The summed E-state index contributed by atoms with van der Waals surface area (Å²) in [5.74, 6) is 2.02. The lowest BCUT2D eigenvalue weighted by Crippen LogP contribution is -2.42. The summed E-state index contributed by atoms with van der Waals surface area (Å²) in [6.07, 6.45) is 5.18. The Morgan fingerprint density at radius 1 is 1.11 bits per heavy atom. The SMILES string of the molecule is COc1ccc(CCn2c(SCC(=O)N[C@H]3CCCC[C@H]3C)nc3ccccc3c2=O)cc1OC. The summed E-state index contributed by atoms with van der Waals surface area (Å²) in [7, 11) is 3.21. The molecule has 0 aliphatic heterocycles. The number of rotatable bonds is 9. The molecule has 1 fully saturated rings. The summed E-state index contributed by atoms with van der Waals surface area (Å²) < 4.78 is 12.4. The Hall–Kier alpha value is -3.00. The fraction of sp³-hybridized carbons (Fsp3) is 0.444. The van der Waals surface area contributed by atoms with Crippen LogP contribution in [-0.2, 0) is 17.8 Å². The van der Waals surface area contributed by atoms with Gasteiger partial charge in [0.15, 0.2) is 16.7 Å². The molecule has 4 rings (SSSR count). The fourth-order valence-corrected chi connectivity index (χ4v) is 5.48. The Labute approximate surface area is 210 Å². The van der Waals surface area contributed by atoms with E-state index in [4.69, 9.17) is 14.5 Å². The molecule has 0 spiro atoms. The maximum atomic E-state index is 13.4. The van der Waals surface area contributed by atoms with E-state index in [-0.39, 0.29) is 23.3 Å². The van der Waals surface area contributed by atoms with E-state index in [1.165, 1.54) is 18.2 Å². The molecule has 186 valence electrons. The normalized spacial score (nSPS) is 17.8. The molecule has 7 nitrogen and oxygen atoms in total. The first-order valence-electron chi connectivity index (χ1n) is 12.1. The molecule has 1 saturated carbocycles. The number of thioether (sulfide) groups is 1. The number of amides is 1. The Balaban J connectivity index is 1.53. The zero-order valence-electron chi connectivity index (χ0n) is 20.6. The van der Waals surface area contributed by atoms with Gasteiger partial charge in [-0.15, -0.1) is 0 Å². The number of ether oxygens (including phenoxy) is 2. The number of benzene rings is 2. The van der Waals surface area contributed by atoms with Crippen molar-refractivity contribution in [2.75, 3.05) is 20.0 Å². The maximum Gasteiger partial charge on any atom is 0.262 e. The monoisotopic (exact) mass is 495 g/mol. The van der Waals surface area contributed by atoms with Crippen molar-refractivity contribution < 1.29 is 14.3 Å². The predicted octanol–water partition coefficient (Wildman–Crippen LogP) is 4.44. The van der Waals surface area contributed by atoms with Crippen molar-refractivity contribution in [3.63, 3.8) is 0 Å².